The maximum atomic E-state index is 13.1. The Morgan fingerprint density at radius 3 is 2.60 bits per heavy atom. The van der Waals surface area contributed by atoms with E-state index in [4.69, 9.17) is 4.42 Å². The highest BCUT2D eigenvalue weighted by atomic mass is 32.2. The molecule has 0 bridgehead atoms. The van der Waals surface area contributed by atoms with Gasteiger partial charge in [0.05, 0.1) is 24.2 Å². The van der Waals surface area contributed by atoms with E-state index in [9.17, 15) is 13.2 Å². The van der Waals surface area contributed by atoms with Crippen LogP contribution in [-0.4, -0.2) is 43.2 Å². The Hall–Kier alpha value is -2.12. The molecular formula is C18H22N2O4S. The third-order valence-electron chi connectivity index (χ3n) is 4.31. The molecule has 1 aromatic heterocycles. The van der Waals surface area contributed by atoms with E-state index in [0.717, 1.165) is 18.4 Å². The number of likely N-dealkylation sites (tertiary alicyclic amines) is 1. The van der Waals surface area contributed by atoms with Crippen LogP contribution in [0.5, 0.6) is 0 Å². The summed E-state index contributed by atoms with van der Waals surface area (Å²) in [4.78, 5) is 14.4. The number of hydrogen-bond acceptors (Lipinski definition) is 4. The molecule has 1 fully saturated rings. The van der Waals surface area contributed by atoms with Crippen LogP contribution in [0.25, 0.3) is 0 Å². The van der Waals surface area contributed by atoms with E-state index in [1.54, 1.807) is 35.2 Å². The molecule has 0 atom stereocenters. The van der Waals surface area contributed by atoms with Gasteiger partial charge in [0.2, 0.25) is 15.9 Å². The van der Waals surface area contributed by atoms with Crippen LogP contribution in [0.4, 0.5) is 0 Å². The van der Waals surface area contributed by atoms with Crippen molar-refractivity contribution in [1.82, 2.24) is 9.21 Å². The molecule has 1 aliphatic heterocycles. The number of nitrogens with zero attached hydrogens (tertiary/aromatic N) is 2. The highest BCUT2D eigenvalue weighted by Crippen LogP contribution is 2.20. The molecule has 0 saturated carbocycles. The van der Waals surface area contributed by atoms with E-state index in [0.29, 0.717) is 18.8 Å². The Bertz CT molecular complexity index is 825. The summed E-state index contributed by atoms with van der Waals surface area (Å²) in [6.45, 7) is 3.07. The second-order valence-electron chi connectivity index (χ2n) is 6.26. The highest BCUT2D eigenvalue weighted by Gasteiger charge is 2.30. The van der Waals surface area contributed by atoms with Crippen LogP contribution < -0.4 is 0 Å². The third-order valence-corrected chi connectivity index (χ3v) is 6.10. The van der Waals surface area contributed by atoms with E-state index in [2.05, 4.69) is 0 Å². The van der Waals surface area contributed by atoms with Crippen molar-refractivity contribution in [1.29, 1.82) is 0 Å². The van der Waals surface area contributed by atoms with E-state index >= 15 is 0 Å². The largest absolute Gasteiger partial charge is 0.468 e. The van der Waals surface area contributed by atoms with Crippen molar-refractivity contribution in [3.05, 3.63) is 54.0 Å². The molecule has 0 N–H and O–H groups in total. The Labute approximate surface area is 148 Å². The van der Waals surface area contributed by atoms with Gasteiger partial charge in [-0.2, -0.15) is 4.31 Å². The summed E-state index contributed by atoms with van der Waals surface area (Å²) < 4.78 is 32.6. The topological polar surface area (TPSA) is 70.8 Å². The molecule has 3 rings (SSSR count). The first-order valence-corrected chi connectivity index (χ1v) is 9.78. The molecule has 2 aromatic rings. The molecule has 1 amide bonds. The molecule has 1 saturated heterocycles. The van der Waals surface area contributed by atoms with Crippen molar-refractivity contribution in [2.45, 2.75) is 31.2 Å². The minimum Gasteiger partial charge on any atom is -0.468 e. The van der Waals surface area contributed by atoms with Crippen LogP contribution in [0.3, 0.4) is 0 Å². The molecule has 6 nitrogen and oxygen atoms in total. The molecule has 25 heavy (non-hydrogen) atoms. The zero-order valence-electron chi connectivity index (χ0n) is 14.2. The Balaban J connectivity index is 1.88. The van der Waals surface area contributed by atoms with Crippen LogP contribution in [0.1, 0.15) is 24.2 Å². The summed E-state index contributed by atoms with van der Waals surface area (Å²) in [5.41, 5.74) is 0.852. The Kier molecular flexibility index (Phi) is 5.24. The molecule has 1 aromatic carbocycles. The number of rotatable bonds is 6. The second-order valence-corrected chi connectivity index (χ2v) is 8.19. The van der Waals surface area contributed by atoms with Gasteiger partial charge in [0, 0.05) is 13.1 Å². The average molecular weight is 362 g/mol. The van der Waals surface area contributed by atoms with Crippen molar-refractivity contribution >= 4 is 15.9 Å². The van der Waals surface area contributed by atoms with Crippen LogP contribution in [0.15, 0.2) is 52.0 Å². The smallest absolute Gasteiger partial charge is 0.243 e. The number of hydrogen-bond donors (Lipinski definition) is 0. The fraction of sp³-hybridized carbons (Fsp3) is 0.389. The van der Waals surface area contributed by atoms with E-state index in [1.807, 2.05) is 13.0 Å². The number of carbonyl (C=O) groups is 1. The lowest BCUT2D eigenvalue weighted by molar-refractivity contribution is -0.130. The maximum absolute atomic E-state index is 13.1. The quantitative estimate of drug-likeness (QED) is 0.791. The zero-order chi connectivity index (χ0) is 17.9. The first kappa shape index (κ1) is 17.7. The lowest BCUT2D eigenvalue weighted by Gasteiger charge is -2.24. The van der Waals surface area contributed by atoms with Gasteiger partial charge in [-0.3, -0.25) is 4.79 Å². The number of carbonyl (C=O) groups excluding carboxylic acids is 1. The molecule has 0 unspecified atom stereocenters. The second kappa shape index (κ2) is 7.41. The maximum Gasteiger partial charge on any atom is 0.243 e. The molecule has 134 valence electrons. The monoisotopic (exact) mass is 362 g/mol. The number of benzene rings is 1. The van der Waals surface area contributed by atoms with Crippen molar-refractivity contribution in [2.75, 3.05) is 19.6 Å². The molecule has 1 aliphatic rings. The lowest BCUT2D eigenvalue weighted by Crippen LogP contribution is -2.41. The predicted molar refractivity (Wildman–Crippen MR) is 93.3 cm³/mol. The molecule has 0 radical (unpaired) electrons. The average Bonchev–Trinajstić information content (AvgIpc) is 3.28. The number of aryl methyl sites for hydroxylation is 1. The van der Waals surface area contributed by atoms with Crippen molar-refractivity contribution in [3.63, 3.8) is 0 Å². The van der Waals surface area contributed by atoms with Crippen LogP contribution in [-0.2, 0) is 21.4 Å². The standard InChI is InChI=1S/C18H22N2O4S/c1-15-6-4-8-17(12-15)25(22,23)20(13-16-7-5-11-24-16)14-18(21)19-9-2-3-10-19/h4-8,11-12H,2-3,9-10,13-14H2,1H3. The highest BCUT2D eigenvalue weighted by molar-refractivity contribution is 7.89. The van der Waals surface area contributed by atoms with E-state index in [1.165, 1.54) is 10.6 Å². The number of furan rings is 1. The lowest BCUT2D eigenvalue weighted by atomic mass is 10.2. The normalized spacial score (nSPS) is 15.0. The van der Waals surface area contributed by atoms with Gasteiger partial charge >= 0.3 is 0 Å². The van der Waals surface area contributed by atoms with Gasteiger partial charge in [-0.1, -0.05) is 12.1 Å². The Morgan fingerprint density at radius 2 is 1.96 bits per heavy atom. The summed E-state index contributed by atoms with van der Waals surface area (Å²) in [7, 11) is -3.80. The van der Waals surface area contributed by atoms with Gasteiger partial charge < -0.3 is 9.32 Å². The fourth-order valence-corrected chi connectivity index (χ4v) is 4.41. The molecular weight excluding hydrogens is 340 g/mol. The van der Waals surface area contributed by atoms with Crippen LogP contribution in [0.2, 0.25) is 0 Å². The van der Waals surface area contributed by atoms with Gasteiger partial charge in [-0.05, 0) is 49.6 Å². The zero-order valence-corrected chi connectivity index (χ0v) is 15.0. The molecule has 0 aliphatic carbocycles. The summed E-state index contributed by atoms with van der Waals surface area (Å²) in [6, 6.07) is 10.1. The van der Waals surface area contributed by atoms with Gasteiger partial charge in [0.1, 0.15) is 5.76 Å². The minimum atomic E-state index is -3.80. The molecule has 7 heteroatoms. The number of sulfonamides is 1. The predicted octanol–water partition coefficient (Wildman–Crippen LogP) is 2.40. The van der Waals surface area contributed by atoms with E-state index < -0.39 is 10.0 Å². The first-order valence-electron chi connectivity index (χ1n) is 8.34. The van der Waals surface area contributed by atoms with Gasteiger partial charge in [0.15, 0.2) is 0 Å². The number of amides is 1. The first-order chi connectivity index (χ1) is 12.0. The van der Waals surface area contributed by atoms with Gasteiger partial charge in [0.25, 0.3) is 0 Å². The Morgan fingerprint density at radius 1 is 1.20 bits per heavy atom. The van der Waals surface area contributed by atoms with Crippen molar-refractivity contribution in [3.8, 4) is 0 Å². The fourth-order valence-electron chi connectivity index (χ4n) is 2.94. The van der Waals surface area contributed by atoms with Crippen molar-refractivity contribution in [2.24, 2.45) is 0 Å². The van der Waals surface area contributed by atoms with E-state index in [-0.39, 0.29) is 23.9 Å². The summed E-state index contributed by atoms with van der Waals surface area (Å²) in [6.07, 6.45) is 3.43. The van der Waals surface area contributed by atoms with Crippen LogP contribution >= 0.6 is 0 Å². The summed E-state index contributed by atoms with van der Waals surface area (Å²) in [5, 5.41) is 0. The van der Waals surface area contributed by atoms with Gasteiger partial charge in [-0.25, -0.2) is 8.42 Å². The minimum absolute atomic E-state index is 0.0306. The SMILES string of the molecule is Cc1cccc(S(=O)(=O)N(CC(=O)N2CCCC2)Cc2ccco2)c1. The summed E-state index contributed by atoms with van der Waals surface area (Å²) >= 11 is 0. The molecule has 2 heterocycles. The summed E-state index contributed by atoms with van der Waals surface area (Å²) in [5.74, 6) is 0.339. The third kappa shape index (κ3) is 4.11. The molecule has 0 spiro atoms. The van der Waals surface area contributed by atoms with Crippen LogP contribution in [0, 0.1) is 6.92 Å². The van der Waals surface area contributed by atoms with Crippen molar-refractivity contribution < 1.29 is 17.6 Å². The van der Waals surface area contributed by atoms with Gasteiger partial charge in [-0.15, -0.1) is 0 Å².